The summed E-state index contributed by atoms with van der Waals surface area (Å²) in [5, 5.41) is 10.6. The first-order valence-electron chi connectivity index (χ1n) is 7.03. The molecule has 4 atom stereocenters. The van der Waals surface area contributed by atoms with Gasteiger partial charge in [-0.25, -0.2) is 4.79 Å². The van der Waals surface area contributed by atoms with Crippen molar-refractivity contribution in [2.45, 2.75) is 58.7 Å². The highest BCUT2D eigenvalue weighted by molar-refractivity contribution is 5.92. The van der Waals surface area contributed by atoms with Crippen molar-refractivity contribution in [2.24, 2.45) is 17.3 Å². The summed E-state index contributed by atoms with van der Waals surface area (Å²) in [6.45, 7) is 6.42. The molecule has 18 heavy (non-hydrogen) atoms. The maximum absolute atomic E-state index is 11.7. The molecule has 0 aromatic heterocycles. The molecule has 3 heteroatoms. The smallest absolute Gasteiger partial charge is 0.336 e. The van der Waals surface area contributed by atoms with Gasteiger partial charge in [0.15, 0.2) is 0 Å². The molecule has 3 rings (SSSR count). The van der Waals surface area contributed by atoms with Crippen LogP contribution in [-0.4, -0.2) is 16.9 Å². The van der Waals surface area contributed by atoms with Crippen molar-refractivity contribution in [3.63, 3.8) is 0 Å². The van der Waals surface area contributed by atoms with E-state index < -0.39 is 5.79 Å². The molecular formula is C15H22O3. The first-order chi connectivity index (χ1) is 8.37. The van der Waals surface area contributed by atoms with Crippen LogP contribution in [0.1, 0.15) is 52.9 Å². The Balaban J connectivity index is 2.02. The van der Waals surface area contributed by atoms with Gasteiger partial charge in [0.1, 0.15) is 0 Å². The van der Waals surface area contributed by atoms with E-state index in [1.165, 1.54) is 12.8 Å². The minimum absolute atomic E-state index is 0.217. The second-order valence-corrected chi connectivity index (χ2v) is 6.69. The molecule has 0 unspecified atom stereocenters. The number of ether oxygens (including phenoxy) is 1. The third kappa shape index (κ3) is 1.43. The molecule has 0 radical (unpaired) electrons. The van der Waals surface area contributed by atoms with Crippen LogP contribution in [0.15, 0.2) is 11.1 Å². The Bertz CT molecular complexity index is 439. The lowest BCUT2D eigenvalue weighted by molar-refractivity contribution is -0.204. The molecule has 2 fully saturated rings. The second kappa shape index (κ2) is 3.60. The molecular weight excluding hydrogens is 228 g/mol. The Hall–Kier alpha value is -0.830. The lowest BCUT2D eigenvalue weighted by Crippen LogP contribution is -2.50. The van der Waals surface area contributed by atoms with Crippen molar-refractivity contribution in [2.75, 3.05) is 0 Å². The van der Waals surface area contributed by atoms with Gasteiger partial charge in [0.2, 0.25) is 5.79 Å². The zero-order valence-corrected chi connectivity index (χ0v) is 11.5. The second-order valence-electron chi connectivity index (χ2n) is 6.69. The zero-order chi connectivity index (χ0) is 13.1. The van der Waals surface area contributed by atoms with E-state index in [2.05, 4.69) is 13.8 Å². The average molecular weight is 250 g/mol. The van der Waals surface area contributed by atoms with Gasteiger partial charge < -0.3 is 9.84 Å². The minimum atomic E-state index is -1.29. The molecule has 1 heterocycles. The molecule has 3 nitrogen and oxygen atoms in total. The largest absolute Gasteiger partial charge is 0.426 e. The number of esters is 1. The van der Waals surface area contributed by atoms with Crippen molar-refractivity contribution in [1.82, 2.24) is 0 Å². The molecule has 0 bridgehead atoms. The van der Waals surface area contributed by atoms with Gasteiger partial charge in [0, 0.05) is 17.6 Å². The molecule has 0 spiro atoms. The van der Waals surface area contributed by atoms with Crippen LogP contribution in [0.4, 0.5) is 0 Å². The highest BCUT2D eigenvalue weighted by atomic mass is 16.7. The molecule has 1 aliphatic heterocycles. The van der Waals surface area contributed by atoms with Crippen molar-refractivity contribution < 1.29 is 14.6 Å². The molecule has 2 aliphatic carbocycles. The van der Waals surface area contributed by atoms with Crippen LogP contribution in [0.5, 0.6) is 0 Å². The average Bonchev–Trinajstić information content (AvgIpc) is 2.50. The van der Waals surface area contributed by atoms with Crippen molar-refractivity contribution in [1.29, 1.82) is 0 Å². The van der Waals surface area contributed by atoms with Gasteiger partial charge in [-0.15, -0.1) is 0 Å². The van der Waals surface area contributed by atoms with Crippen molar-refractivity contribution >= 4 is 5.97 Å². The maximum atomic E-state index is 11.7. The molecule has 3 aliphatic rings. The van der Waals surface area contributed by atoms with Crippen molar-refractivity contribution in [3.8, 4) is 0 Å². The fourth-order valence-corrected chi connectivity index (χ4v) is 4.24. The topological polar surface area (TPSA) is 46.5 Å². The van der Waals surface area contributed by atoms with Gasteiger partial charge in [-0.05, 0) is 37.0 Å². The predicted octanol–water partition coefficient (Wildman–Crippen LogP) is 2.78. The van der Waals surface area contributed by atoms with Crippen LogP contribution in [0.3, 0.4) is 0 Å². The van der Waals surface area contributed by atoms with Gasteiger partial charge in [-0.2, -0.15) is 0 Å². The Morgan fingerprint density at radius 1 is 1.39 bits per heavy atom. The van der Waals surface area contributed by atoms with E-state index >= 15 is 0 Å². The number of aliphatic hydroxyl groups is 1. The van der Waals surface area contributed by atoms with E-state index in [0.29, 0.717) is 23.8 Å². The first-order valence-corrected chi connectivity index (χ1v) is 7.03. The maximum Gasteiger partial charge on any atom is 0.336 e. The van der Waals surface area contributed by atoms with E-state index in [9.17, 15) is 9.90 Å². The van der Waals surface area contributed by atoms with Crippen LogP contribution >= 0.6 is 0 Å². The zero-order valence-electron chi connectivity index (χ0n) is 11.5. The lowest BCUT2D eigenvalue weighted by Gasteiger charge is -2.53. The molecule has 100 valence electrons. The van der Waals surface area contributed by atoms with E-state index in [-0.39, 0.29) is 11.4 Å². The summed E-state index contributed by atoms with van der Waals surface area (Å²) in [5.41, 5.74) is 1.70. The van der Waals surface area contributed by atoms with Gasteiger partial charge in [-0.3, -0.25) is 0 Å². The monoisotopic (exact) mass is 250 g/mol. The summed E-state index contributed by atoms with van der Waals surface area (Å²) < 4.78 is 5.24. The normalized spacial score (nSPS) is 47.7. The standard InChI is InChI=1S/C15H22O3/c1-9-5-4-6-11-7-15(17)12(8-14(9,11)3)10(2)13(16)18-15/h9,11,17H,4-8H2,1-3H3/t9-,11-,14+,15+/m1/s1. The molecule has 0 aromatic carbocycles. The molecule has 0 amide bonds. The third-order valence-corrected chi connectivity index (χ3v) is 5.82. The van der Waals surface area contributed by atoms with Gasteiger partial charge in [0.05, 0.1) is 0 Å². The third-order valence-electron chi connectivity index (χ3n) is 5.82. The van der Waals surface area contributed by atoms with Crippen LogP contribution in [-0.2, 0) is 9.53 Å². The quantitative estimate of drug-likeness (QED) is 0.672. The summed E-state index contributed by atoms with van der Waals surface area (Å²) in [7, 11) is 0. The molecule has 1 N–H and O–H groups in total. The van der Waals surface area contributed by atoms with Gasteiger partial charge in [-0.1, -0.05) is 26.7 Å². The minimum Gasteiger partial charge on any atom is -0.426 e. The van der Waals surface area contributed by atoms with Crippen LogP contribution in [0.2, 0.25) is 0 Å². The predicted molar refractivity (Wildman–Crippen MR) is 67.6 cm³/mol. The van der Waals surface area contributed by atoms with Crippen LogP contribution in [0, 0.1) is 17.3 Å². The number of hydrogen-bond acceptors (Lipinski definition) is 3. The molecule has 0 aromatic rings. The van der Waals surface area contributed by atoms with E-state index in [1.54, 1.807) is 6.92 Å². The summed E-state index contributed by atoms with van der Waals surface area (Å²) >= 11 is 0. The Morgan fingerprint density at radius 2 is 2.11 bits per heavy atom. The fourth-order valence-electron chi connectivity index (χ4n) is 4.24. The number of fused-ring (bicyclic) bond motifs is 2. The number of rotatable bonds is 0. The van der Waals surface area contributed by atoms with Crippen LogP contribution in [0.25, 0.3) is 0 Å². The number of hydrogen-bond donors (Lipinski definition) is 1. The highest BCUT2D eigenvalue weighted by Gasteiger charge is 2.57. The Labute approximate surface area is 108 Å². The number of carbonyl (C=O) groups excluding carboxylic acids is 1. The van der Waals surface area contributed by atoms with Gasteiger partial charge in [0.25, 0.3) is 0 Å². The summed E-state index contributed by atoms with van der Waals surface area (Å²) in [6.07, 6.45) is 5.03. The fraction of sp³-hybridized carbons (Fsp3) is 0.800. The summed E-state index contributed by atoms with van der Waals surface area (Å²) in [5.74, 6) is -0.504. The first kappa shape index (κ1) is 12.2. The lowest BCUT2D eigenvalue weighted by atomic mass is 9.54. The van der Waals surface area contributed by atoms with Gasteiger partial charge >= 0.3 is 5.97 Å². The van der Waals surface area contributed by atoms with E-state index in [0.717, 1.165) is 18.4 Å². The molecule has 0 saturated heterocycles. The highest BCUT2D eigenvalue weighted by Crippen LogP contribution is 2.59. The Kier molecular flexibility index (Phi) is 2.44. The number of carbonyl (C=O) groups is 1. The van der Waals surface area contributed by atoms with E-state index in [4.69, 9.17) is 4.74 Å². The Morgan fingerprint density at radius 3 is 2.83 bits per heavy atom. The van der Waals surface area contributed by atoms with Crippen molar-refractivity contribution in [3.05, 3.63) is 11.1 Å². The SMILES string of the molecule is CC1=C2C[C@]3(C)[C@H](CCC[C@H]3C)C[C@]2(O)OC1=O. The molecule has 2 saturated carbocycles. The van der Waals surface area contributed by atoms with Crippen LogP contribution < -0.4 is 0 Å². The van der Waals surface area contributed by atoms with E-state index in [1.807, 2.05) is 0 Å². The summed E-state index contributed by atoms with van der Waals surface area (Å²) in [4.78, 5) is 11.7. The summed E-state index contributed by atoms with van der Waals surface area (Å²) in [6, 6.07) is 0.